The first-order valence-corrected chi connectivity index (χ1v) is 11.5. The summed E-state index contributed by atoms with van der Waals surface area (Å²) in [5.41, 5.74) is 3.03. The highest BCUT2D eigenvalue weighted by atomic mass is 32.1. The fraction of sp³-hybridized carbons (Fsp3) is 0.370. The van der Waals surface area contributed by atoms with Gasteiger partial charge in [-0.05, 0) is 92.6 Å². The molecule has 0 unspecified atom stereocenters. The second kappa shape index (κ2) is 12.8. The van der Waals surface area contributed by atoms with Crippen molar-refractivity contribution in [3.05, 3.63) is 64.9 Å². The van der Waals surface area contributed by atoms with Gasteiger partial charge in [0.15, 0.2) is 0 Å². The summed E-state index contributed by atoms with van der Waals surface area (Å²) in [6.45, 7) is 6.85. The molecular formula is C27H32O3S. The number of allylic oxidation sites excluding steroid dienone is 3. The van der Waals surface area contributed by atoms with Crippen molar-refractivity contribution >= 4 is 17.3 Å². The van der Waals surface area contributed by atoms with Gasteiger partial charge < -0.3 is 9.47 Å². The Balaban J connectivity index is 1.77. The van der Waals surface area contributed by atoms with Crippen LogP contribution < -0.4 is 4.74 Å². The molecule has 0 bridgehead atoms. The number of rotatable bonds is 10. The minimum atomic E-state index is -0.282. The molecule has 31 heavy (non-hydrogen) atoms. The van der Waals surface area contributed by atoms with Crippen LogP contribution in [0, 0.1) is 17.3 Å². The van der Waals surface area contributed by atoms with Crippen molar-refractivity contribution < 1.29 is 14.3 Å². The fourth-order valence-electron chi connectivity index (χ4n) is 2.79. The van der Waals surface area contributed by atoms with Crippen LogP contribution in [0.2, 0.25) is 0 Å². The SMILES string of the molecule is COC(=O)/C(=C/CCCCOc1cccc(-c2ccsc2)c1)C/C=C/C#CC(C)(C)C. The van der Waals surface area contributed by atoms with E-state index >= 15 is 0 Å². The van der Waals surface area contributed by atoms with E-state index in [9.17, 15) is 4.79 Å². The molecule has 0 aliphatic carbocycles. The van der Waals surface area contributed by atoms with Gasteiger partial charge in [0, 0.05) is 11.0 Å². The Morgan fingerprint density at radius 2 is 2.00 bits per heavy atom. The van der Waals surface area contributed by atoms with Crippen LogP contribution in [0.15, 0.2) is 64.9 Å². The average molecular weight is 437 g/mol. The number of carbonyl (C=O) groups is 1. The number of methoxy groups -OCH3 is 1. The van der Waals surface area contributed by atoms with Crippen molar-refractivity contribution in [2.45, 2.75) is 46.5 Å². The normalized spacial score (nSPS) is 11.8. The minimum absolute atomic E-state index is 0.0291. The highest BCUT2D eigenvalue weighted by Gasteiger charge is 2.07. The number of benzene rings is 1. The second-order valence-electron chi connectivity index (χ2n) is 8.23. The standard InChI is InChI=1S/C27H32O3S/c1-27(2,3)17-9-5-7-12-22(26(28)29-4)13-8-6-10-18-30-25-15-11-14-23(20-25)24-16-19-31-21-24/h5,7,11,13-16,19-21H,6,8,10,12,18H2,1-4H3/b7-5+,22-13+. The van der Waals surface area contributed by atoms with Crippen LogP contribution in [0.5, 0.6) is 5.75 Å². The van der Waals surface area contributed by atoms with Crippen LogP contribution in [0.1, 0.15) is 46.5 Å². The molecule has 0 spiro atoms. The van der Waals surface area contributed by atoms with Gasteiger partial charge in [-0.3, -0.25) is 0 Å². The average Bonchev–Trinajstić information content (AvgIpc) is 3.28. The van der Waals surface area contributed by atoms with E-state index in [2.05, 4.69) is 61.6 Å². The van der Waals surface area contributed by atoms with E-state index in [1.807, 2.05) is 24.3 Å². The fourth-order valence-corrected chi connectivity index (χ4v) is 3.46. The van der Waals surface area contributed by atoms with Gasteiger partial charge in [0.25, 0.3) is 0 Å². The van der Waals surface area contributed by atoms with E-state index in [1.54, 1.807) is 17.4 Å². The minimum Gasteiger partial charge on any atom is -0.494 e. The molecule has 0 radical (unpaired) electrons. The molecule has 4 heteroatoms. The summed E-state index contributed by atoms with van der Waals surface area (Å²) >= 11 is 1.69. The second-order valence-corrected chi connectivity index (χ2v) is 9.01. The summed E-state index contributed by atoms with van der Waals surface area (Å²) in [6.07, 6.45) is 8.87. The van der Waals surface area contributed by atoms with E-state index in [0.717, 1.165) is 25.0 Å². The zero-order valence-electron chi connectivity index (χ0n) is 18.9. The molecule has 0 amide bonds. The maximum absolute atomic E-state index is 12.0. The first kappa shape index (κ1) is 24.5. The van der Waals surface area contributed by atoms with Crippen molar-refractivity contribution in [1.29, 1.82) is 0 Å². The van der Waals surface area contributed by atoms with Gasteiger partial charge in [0.05, 0.1) is 13.7 Å². The largest absolute Gasteiger partial charge is 0.494 e. The van der Waals surface area contributed by atoms with Crippen molar-refractivity contribution in [3.8, 4) is 28.7 Å². The molecule has 3 nitrogen and oxygen atoms in total. The van der Waals surface area contributed by atoms with Gasteiger partial charge in [-0.25, -0.2) is 4.79 Å². The van der Waals surface area contributed by atoms with Gasteiger partial charge in [-0.2, -0.15) is 11.3 Å². The topological polar surface area (TPSA) is 35.5 Å². The lowest BCUT2D eigenvalue weighted by Gasteiger charge is -2.07. The summed E-state index contributed by atoms with van der Waals surface area (Å²) in [5.74, 6) is 6.77. The van der Waals surface area contributed by atoms with Crippen LogP contribution in [0.25, 0.3) is 11.1 Å². The molecule has 0 N–H and O–H groups in total. The predicted octanol–water partition coefficient (Wildman–Crippen LogP) is 7.06. The summed E-state index contributed by atoms with van der Waals surface area (Å²) in [6, 6.07) is 10.3. The maximum Gasteiger partial charge on any atom is 0.333 e. The van der Waals surface area contributed by atoms with Crippen LogP contribution in [-0.2, 0) is 9.53 Å². The lowest BCUT2D eigenvalue weighted by Crippen LogP contribution is -2.04. The molecule has 2 aromatic rings. The van der Waals surface area contributed by atoms with Crippen molar-refractivity contribution in [2.75, 3.05) is 13.7 Å². The number of hydrogen-bond donors (Lipinski definition) is 0. The number of thiophene rings is 1. The third-order valence-corrected chi connectivity index (χ3v) is 5.06. The Labute approximate surface area is 190 Å². The molecule has 2 rings (SSSR count). The first-order chi connectivity index (χ1) is 14.9. The molecule has 0 saturated heterocycles. The molecule has 0 atom stereocenters. The molecule has 0 saturated carbocycles. The lowest BCUT2D eigenvalue weighted by atomic mass is 9.98. The number of esters is 1. The quantitative estimate of drug-likeness (QED) is 0.173. The smallest absolute Gasteiger partial charge is 0.333 e. The zero-order chi connectivity index (χ0) is 22.5. The molecule has 0 aliphatic rings. The Hall–Kier alpha value is -2.77. The van der Waals surface area contributed by atoms with E-state index in [1.165, 1.54) is 18.2 Å². The molecule has 0 aliphatic heterocycles. The van der Waals surface area contributed by atoms with Crippen molar-refractivity contribution in [1.82, 2.24) is 0 Å². The highest BCUT2D eigenvalue weighted by molar-refractivity contribution is 7.08. The first-order valence-electron chi connectivity index (χ1n) is 10.6. The molecule has 1 aromatic carbocycles. The van der Waals surface area contributed by atoms with Crippen LogP contribution >= 0.6 is 11.3 Å². The zero-order valence-corrected chi connectivity index (χ0v) is 19.8. The Kier molecular flexibility index (Phi) is 10.1. The monoisotopic (exact) mass is 436 g/mol. The predicted molar refractivity (Wildman–Crippen MR) is 130 cm³/mol. The molecule has 1 aromatic heterocycles. The van der Waals surface area contributed by atoms with Gasteiger partial charge >= 0.3 is 5.97 Å². The molecule has 0 fully saturated rings. The summed E-state index contributed by atoms with van der Waals surface area (Å²) < 4.78 is 10.8. The third-order valence-electron chi connectivity index (χ3n) is 4.38. The summed E-state index contributed by atoms with van der Waals surface area (Å²) in [7, 11) is 1.41. The van der Waals surface area contributed by atoms with E-state index in [4.69, 9.17) is 9.47 Å². The molecule has 1 heterocycles. The lowest BCUT2D eigenvalue weighted by molar-refractivity contribution is -0.136. The molecular weight excluding hydrogens is 404 g/mol. The number of carbonyl (C=O) groups excluding carboxylic acids is 1. The molecule has 164 valence electrons. The number of ether oxygens (including phenoxy) is 2. The van der Waals surface area contributed by atoms with Gasteiger partial charge in [0.1, 0.15) is 5.75 Å². The van der Waals surface area contributed by atoms with E-state index < -0.39 is 0 Å². The van der Waals surface area contributed by atoms with Crippen LogP contribution in [-0.4, -0.2) is 19.7 Å². The number of unbranched alkanes of at least 4 members (excludes halogenated alkanes) is 2. The van der Waals surface area contributed by atoms with E-state index in [-0.39, 0.29) is 11.4 Å². The number of hydrogen-bond acceptors (Lipinski definition) is 4. The Morgan fingerprint density at radius 3 is 2.71 bits per heavy atom. The summed E-state index contributed by atoms with van der Waals surface area (Å²) in [5, 5.41) is 4.21. The summed E-state index contributed by atoms with van der Waals surface area (Å²) in [4.78, 5) is 12.0. The Morgan fingerprint density at radius 1 is 1.16 bits per heavy atom. The third kappa shape index (κ3) is 9.72. The Bertz CT molecular complexity index is 935. The van der Waals surface area contributed by atoms with Gasteiger partial charge in [0.2, 0.25) is 0 Å². The van der Waals surface area contributed by atoms with Gasteiger partial charge in [-0.1, -0.05) is 36.1 Å². The van der Waals surface area contributed by atoms with Crippen molar-refractivity contribution in [2.24, 2.45) is 5.41 Å². The van der Waals surface area contributed by atoms with Crippen LogP contribution in [0.4, 0.5) is 0 Å². The maximum atomic E-state index is 12.0. The van der Waals surface area contributed by atoms with Crippen molar-refractivity contribution in [3.63, 3.8) is 0 Å². The van der Waals surface area contributed by atoms with Gasteiger partial charge in [-0.15, -0.1) is 0 Å². The van der Waals surface area contributed by atoms with Crippen LogP contribution in [0.3, 0.4) is 0 Å². The highest BCUT2D eigenvalue weighted by Crippen LogP contribution is 2.25. The van der Waals surface area contributed by atoms with E-state index in [0.29, 0.717) is 18.6 Å².